The Kier molecular flexibility index (Phi) is 12.4. The average Bonchev–Trinajstić information content (AvgIpc) is 3.71. The van der Waals surface area contributed by atoms with Crippen LogP contribution >= 0.6 is 11.6 Å². The van der Waals surface area contributed by atoms with Crippen molar-refractivity contribution in [3.05, 3.63) is 93.5 Å². The molecule has 2 bridgehead atoms. The Balaban J connectivity index is 1.02. The van der Waals surface area contributed by atoms with Crippen LogP contribution in [0.1, 0.15) is 78.9 Å². The summed E-state index contributed by atoms with van der Waals surface area (Å²) in [4.78, 5) is 13.4. The summed E-state index contributed by atoms with van der Waals surface area (Å²) in [7, 11) is 1.59. The fourth-order valence-corrected chi connectivity index (χ4v) is 8.94. The van der Waals surface area contributed by atoms with E-state index in [0.717, 1.165) is 85.9 Å². The van der Waals surface area contributed by atoms with E-state index in [-0.39, 0.29) is 43.1 Å². The van der Waals surface area contributed by atoms with Gasteiger partial charge in [0.15, 0.2) is 0 Å². The summed E-state index contributed by atoms with van der Waals surface area (Å²) in [6.45, 7) is 4.39. The molecule has 0 spiro atoms. The van der Waals surface area contributed by atoms with Gasteiger partial charge in [-0.05, 0) is 59.7 Å². The summed E-state index contributed by atoms with van der Waals surface area (Å²) >= 11 is 6.71. The summed E-state index contributed by atoms with van der Waals surface area (Å²) in [5, 5.41) is 45.6. The molecule has 3 aliphatic heterocycles. The standard InChI is InChI=1S/C41H53ClN2O7/c1-50-39-22-30(36(42)21-31(39)23-43-24-38(48)29-11-12-37(47)32(19-29)26-45)20-35(46)15-18-44-16-13-28(14-17-44)40(25-44)51-27-41(49,34-9-5-6-10-34)33-7-3-2-4-8-33/h2-4,7-8,11-12,19,21-22,28,34,38,40,43,45,48-49H,5-6,9-10,13-18,20,23-27H2,1H3/p+1/t28?,38-,40-,41+,44?/m0/s1. The molecule has 3 atom stereocenters. The number of quaternary nitrogens is 1. The molecular formula is C41H54ClN2O7+. The highest BCUT2D eigenvalue weighted by molar-refractivity contribution is 6.31. The number of aliphatic hydroxyl groups excluding tert-OH is 2. The van der Waals surface area contributed by atoms with Crippen molar-refractivity contribution >= 4 is 17.4 Å². The summed E-state index contributed by atoms with van der Waals surface area (Å²) in [5.41, 5.74) is 2.45. The number of phenols is 1. The Bertz CT molecular complexity index is 1620. The van der Waals surface area contributed by atoms with Gasteiger partial charge in [-0.1, -0.05) is 60.8 Å². The first kappa shape index (κ1) is 37.7. The lowest BCUT2D eigenvalue weighted by atomic mass is 9.80. The van der Waals surface area contributed by atoms with Crippen LogP contribution in [-0.4, -0.2) is 83.2 Å². The second-order valence-corrected chi connectivity index (χ2v) is 15.5. The smallest absolute Gasteiger partial charge is 0.142 e. The Morgan fingerprint density at radius 2 is 1.76 bits per heavy atom. The van der Waals surface area contributed by atoms with Gasteiger partial charge in [0.05, 0.1) is 52.5 Å². The Labute approximate surface area is 306 Å². The van der Waals surface area contributed by atoms with Crippen molar-refractivity contribution in [2.75, 3.05) is 46.4 Å². The molecule has 4 aliphatic rings. The van der Waals surface area contributed by atoms with Gasteiger partial charge in [-0.15, -0.1) is 0 Å². The molecule has 3 aromatic carbocycles. The number of rotatable bonds is 17. The van der Waals surface area contributed by atoms with E-state index in [1.165, 1.54) is 6.07 Å². The number of aromatic hydroxyl groups is 1. The van der Waals surface area contributed by atoms with Crippen LogP contribution in [0.15, 0.2) is 60.7 Å². The van der Waals surface area contributed by atoms with Crippen LogP contribution in [0.5, 0.6) is 11.5 Å². The van der Waals surface area contributed by atoms with Gasteiger partial charge in [-0.3, -0.25) is 4.79 Å². The van der Waals surface area contributed by atoms with E-state index in [2.05, 4.69) is 5.32 Å². The zero-order valence-corrected chi connectivity index (χ0v) is 30.5. The molecule has 3 heterocycles. The molecule has 10 heteroatoms. The second kappa shape index (κ2) is 16.8. The summed E-state index contributed by atoms with van der Waals surface area (Å²) < 4.78 is 13.2. The molecule has 3 saturated heterocycles. The van der Waals surface area contributed by atoms with Gasteiger partial charge < -0.3 is 39.7 Å². The van der Waals surface area contributed by atoms with Gasteiger partial charge in [0.25, 0.3) is 0 Å². The normalized spacial score (nSPS) is 23.6. The van der Waals surface area contributed by atoms with Gasteiger partial charge in [0.1, 0.15) is 35.5 Å². The maximum atomic E-state index is 13.4. The minimum Gasteiger partial charge on any atom is -0.508 e. The zero-order valence-electron chi connectivity index (χ0n) is 29.7. The quantitative estimate of drug-likeness (QED) is 0.115. The lowest BCUT2D eigenvalue weighted by Gasteiger charge is -2.53. The number of halogens is 1. The highest BCUT2D eigenvalue weighted by Crippen LogP contribution is 2.43. The minimum absolute atomic E-state index is 0.0128. The van der Waals surface area contributed by atoms with E-state index in [0.29, 0.717) is 47.4 Å². The fraction of sp³-hybridized carbons (Fsp3) is 0.537. The van der Waals surface area contributed by atoms with E-state index in [4.69, 9.17) is 21.1 Å². The van der Waals surface area contributed by atoms with Crippen LogP contribution in [0.25, 0.3) is 0 Å². The van der Waals surface area contributed by atoms with Gasteiger partial charge in [-0.2, -0.15) is 0 Å². The Morgan fingerprint density at radius 3 is 2.47 bits per heavy atom. The van der Waals surface area contributed by atoms with Gasteiger partial charge in [0, 0.05) is 54.4 Å². The van der Waals surface area contributed by atoms with Crippen LogP contribution in [0.4, 0.5) is 0 Å². The molecule has 51 heavy (non-hydrogen) atoms. The Morgan fingerprint density at radius 1 is 1.02 bits per heavy atom. The summed E-state index contributed by atoms with van der Waals surface area (Å²) in [6.07, 6.45) is 6.46. The number of ketones is 1. The van der Waals surface area contributed by atoms with Gasteiger partial charge in [0.2, 0.25) is 0 Å². The molecule has 1 saturated carbocycles. The number of aliphatic hydroxyl groups is 3. The minimum atomic E-state index is -0.975. The highest BCUT2D eigenvalue weighted by atomic mass is 35.5. The van der Waals surface area contributed by atoms with Crippen molar-refractivity contribution < 1.29 is 39.2 Å². The molecule has 0 unspecified atom stereocenters. The number of hydrogen-bond donors (Lipinski definition) is 5. The molecule has 9 nitrogen and oxygen atoms in total. The summed E-state index contributed by atoms with van der Waals surface area (Å²) in [5.74, 6) is 1.45. The average molecular weight is 722 g/mol. The van der Waals surface area contributed by atoms with Gasteiger partial charge in [-0.25, -0.2) is 0 Å². The maximum absolute atomic E-state index is 13.4. The number of benzene rings is 3. The van der Waals surface area contributed by atoms with Crippen LogP contribution in [0.2, 0.25) is 5.02 Å². The molecule has 276 valence electrons. The van der Waals surface area contributed by atoms with Crippen LogP contribution in [0.3, 0.4) is 0 Å². The summed E-state index contributed by atoms with van der Waals surface area (Å²) in [6, 6.07) is 18.4. The van der Waals surface area contributed by atoms with Crippen molar-refractivity contribution in [1.82, 2.24) is 5.32 Å². The number of carbonyl (C=O) groups is 1. The third-order valence-corrected chi connectivity index (χ3v) is 12.2. The molecule has 3 aromatic rings. The molecule has 0 radical (unpaired) electrons. The first-order valence-electron chi connectivity index (χ1n) is 18.6. The fourth-order valence-electron chi connectivity index (χ4n) is 8.69. The number of nitrogens with zero attached hydrogens (tertiary/aromatic N) is 1. The van der Waals surface area contributed by atoms with Crippen molar-refractivity contribution in [3.8, 4) is 11.5 Å². The van der Waals surface area contributed by atoms with E-state index < -0.39 is 11.7 Å². The van der Waals surface area contributed by atoms with E-state index in [1.54, 1.807) is 19.2 Å². The number of nitrogens with one attached hydrogen (secondary N) is 1. The molecule has 0 aromatic heterocycles. The second-order valence-electron chi connectivity index (χ2n) is 15.1. The molecular weight excluding hydrogens is 668 g/mol. The number of fused-ring (bicyclic) bond motifs is 3. The monoisotopic (exact) mass is 721 g/mol. The van der Waals surface area contributed by atoms with Crippen LogP contribution in [0, 0.1) is 11.8 Å². The first-order valence-corrected chi connectivity index (χ1v) is 18.9. The number of methoxy groups -OCH3 is 1. The SMILES string of the molecule is COc1cc(CC(=O)CC[N+]23CCC(CC2)[C@@H](OC[C@@](O)(c2ccccc2)C2CCCC2)C3)c(Cl)cc1CNC[C@H](O)c1ccc(O)c(CO)c1. The molecule has 5 N–H and O–H groups in total. The largest absolute Gasteiger partial charge is 0.508 e. The third-order valence-electron chi connectivity index (χ3n) is 11.9. The predicted octanol–water partition coefficient (Wildman–Crippen LogP) is 5.58. The van der Waals surface area contributed by atoms with Crippen molar-refractivity contribution in [1.29, 1.82) is 0 Å². The van der Waals surface area contributed by atoms with Crippen molar-refractivity contribution in [3.63, 3.8) is 0 Å². The predicted molar refractivity (Wildman–Crippen MR) is 197 cm³/mol. The topological polar surface area (TPSA) is 128 Å². The molecule has 1 aliphatic carbocycles. The molecule has 4 fully saturated rings. The van der Waals surface area contributed by atoms with Gasteiger partial charge >= 0.3 is 0 Å². The molecule has 7 rings (SSSR count). The first-order chi connectivity index (χ1) is 24.6. The third kappa shape index (κ3) is 8.79. The number of carbonyl (C=O) groups excluding carboxylic acids is 1. The lowest BCUT2D eigenvalue weighted by Crippen LogP contribution is -2.65. The molecule has 0 amide bonds. The highest BCUT2D eigenvalue weighted by Gasteiger charge is 2.48. The Hall–Kier alpha value is -3.02. The van der Waals surface area contributed by atoms with Crippen molar-refractivity contribution in [2.45, 2.75) is 82.3 Å². The number of ether oxygens (including phenoxy) is 2. The maximum Gasteiger partial charge on any atom is 0.142 e. The number of hydrogen-bond acceptors (Lipinski definition) is 8. The van der Waals surface area contributed by atoms with E-state index in [1.807, 2.05) is 42.5 Å². The lowest BCUT2D eigenvalue weighted by molar-refractivity contribution is -0.946. The number of Topliss-reactive ketones (excluding diaryl/α,β-unsaturated/α-hetero) is 1. The number of piperidine rings is 3. The van der Waals surface area contributed by atoms with Crippen molar-refractivity contribution in [2.24, 2.45) is 11.8 Å². The van der Waals surface area contributed by atoms with E-state index >= 15 is 0 Å². The van der Waals surface area contributed by atoms with Crippen LogP contribution in [-0.2, 0) is 34.7 Å². The zero-order chi connectivity index (χ0) is 36.0. The van der Waals surface area contributed by atoms with Crippen LogP contribution < -0.4 is 10.1 Å². The van der Waals surface area contributed by atoms with E-state index in [9.17, 15) is 25.2 Å².